The minimum Gasteiger partial charge on any atom is -0.325 e. The van der Waals surface area contributed by atoms with Gasteiger partial charge in [0.15, 0.2) is 5.16 Å². The van der Waals surface area contributed by atoms with Crippen molar-refractivity contribution in [3.63, 3.8) is 0 Å². The third-order valence-corrected chi connectivity index (χ3v) is 7.01. The van der Waals surface area contributed by atoms with E-state index in [0.29, 0.717) is 16.1 Å². The topological polar surface area (TPSA) is 74.8 Å². The summed E-state index contributed by atoms with van der Waals surface area (Å²) in [4.78, 5) is 33.8. The molecule has 5 nitrogen and oxygen atoms in total. The van der Waals surface area contributed by atoms with Gasteiger partial charge in [-0.25, -0.2) is 4.98 Å². The molecule has 2 aromatic heterocycles. The molecule has 0 radical (unpaired) electrons. The smallest absolute Gasteiger partial charge is 0.325 e. The maximum absolute atomic E-state index is 13.1. The van der Waals surface area contributed by atoms with Gasteiger partial charge in [0.25, 0.3) is 5.56 Å². The van der Waals surface area contributed by atoms with E-state index in [2.05, 4.69) is 22.2 Å². The minimum atomic E-state index is -4.56. The standard InChI is InChI=1S/C20H18F3N3O2S2/c1-10-6-7-11-14(8-10)30-18-16(11)17(28)25-19(26-18)29-9-15(27)24-13-5-3-2-4-12(13)20(21,22)23/h2-5,10H,6-9H2,1H3,(H,24,27)(H,25,26,28). The molecule has 10 heteroatoms. The Bertz CT molecular complexity index is 1170. The molecule has 2 N–H and O–H groups in total. The molecule has 1 aromatic carbocycles. The van der Waals surface area contributed by atoms with Gasteiger partial charge in [0, 0.05) is 4.88 Å². The van der Waals surface area contributed by atoms with Crippen LogP contribution in [-0.2, 0) is 23.8 Å². The number of rotatable bonds is 4. The first kappa shape index (κ1) is 20.9. The lowest BCUT2D eigenvalue weighted by Gasteiger charge is -2.17. The Morgan fingerprint density at radius 2 is 2.13 bits per heavy atom. The lowest BCUT2D eigenvalue weighted by Crippen LogP contribution is -2.18. The van der Waals surface area contributed by atoms with Crippen LogP contribution >= 0.6 is 23.1 Å². The van der Waals surface area contributed by atoms with Crippen LogP contribution in [0.2, 0.25) is 0 Å². The van der Waals surface area contributed by atoms with Crippen molar-refractivity contribution < 1.29 is 18.0 Å². The molecule has 30 heavy (non-hydrogen) atoms. The quantitative estimate of drug-likeness (QED) is 0.437. The summed E-state index contributed by atoms with van der Waals surface area (Å²) in [7, 11) is 0. The average Bonchev–Trinajstić information content (AvgIpc) is 3.03. The van der Waals surface area contributed by atoms with E-state index in [0.717, 1.165) is 42.7 Å². The van der Waals surface area contributed by atoms with Crippen LogP contribution in [0, 0.1) is 5.92 Å². The van der Waals surface area contributed by atoms with Gasteiger partial charge in [-0.15, -0.1) is 11.3 Å². The number of thiophene rings is 1. The summed E-state index contributed by atoms with van der Waals surface area (Å²) in [5.74, 6) is -0.219. The molecule has 1 aliphatic carbocycles. The molecule has 3 aromatic rings. The third kappa shape index (κ3) is 4.24. The maximum Gasteiger partial charge on any atom is 0.418 e. The van der Waals surface area contributed by atoms with Crippen LogP contribution in [-0.4, -0.2) is 21.6 Å². The Balaban J connectivity index is 1.49. The second-order valence-corrected chi connectivity index (χ2v) is 9.33. The van der Waals surface area contributed by atoms with E-state index in [1.165, 1.54) is 34.4 Å². The van der Waals surface area contributed by atoms with E-state index < -0.39 is 17.6 Å². The van der Waals surface area contributed by atoms with E-state index in [1.807, 2.05) is 0 Å². The highest BCUT2D eigenvalue weighted by molar-refractivity contribution is 7.99. The molecule has 0 spiro atoms. The predicted molar refractivity (Wildman–Crippen MR) is 112 cm³/mol. The lowest BCUT2D eigenvalue weighted by molar-refractivity contribution is -0.137. The third-order valence-electron chi connectivity index (χ3n) is 4.99. The number of aromatic amines is 1. The molecule has 0 bridgehead atoms. The fourth-order valence-corrected chi connectivity index (χ4v) is 5.66. The fraction of sp³-hybridized carbons (Fsp3) is 0.350. The number of thioether (sulfide) groups is 1. The van der Waals surface area contributed by atoms with Gasteiger partial charge in [0.2, 0.25) is 5.91 Å². The van der Waals surface area contributed by atoms with E-state index in [-0.39, 0.29) is 22.2 Å². The molecule has 0 aliphatic heterocycles. The Morgan fingerprint density at radius 1 is 1.37 bits per heavy atom. The monoisotopic (exact) mass is 453 g/mol. The number of alkyl halides is 3. The molecular formula is C20H18F3N3O2S2. The predicted octanol–water partition coefficient (Wildman–Crippen LogP) is 4.86. The number of nitrogens with zero attached hydrogens (tertiary/aromatic N) is 1. The summed E-state index contributed by atoms with van der Waals surface area (Å²) in [6.07, 6.45) is -1.74. The van der Waals surface area contributed by atoms with Crippen LogP contribution in [0.5, 0.6) is 0 Å². The van der Waals surface area contributed by atoms with Crippen molar-refractivity contribution in [1.82, 2.24) is 9.97 Å². The van der Waals surface area contributed by atoms with Gasteiger partial charge >= 0.3 is 6.18 Å². The van der Waals surface area contributed by atoms with Crippen molar-refractivity contribution in [3.8, 4) is 0 Å². The summed E-state index contributed by atoms with van der Waals surface area (Å²) in [5.41, 5.74) is -0.375. The molecule has 0 saturated carbocycles. The molecule has 0 saturated heterocycles. The number of hydrogen-bond acceptors (Lipinski definition) is 5. The molecule has 158 valence electrons. The number of hydrogen-bond donors (Lipinski definition) is 2. The summed E-state index contributed by atoms with van der Waals surface area (Å²) in [6, 6.07) is 4.80. The molecule has 1 amide bonds. The number of halogens is 3. The molecular weight excluding hydrogens is 435 g/mol. The van der Waals surface area contributed by atoms with Crippen molar-refractivity contribution in [3.05, 3.63) is 50.6 Å². The summed E-state index contributed by atoms with van der Waals surface area (Å²) >= 11 is 2.49. The van der Waals surface area contributed by atoms with E-state index >= 15 is 0 Å². The molecule has 1 atom stereocenters. The number of benzene rings is 1. The van der Waals surface area contributed by atoms with Crippen molar-refractivity contribution in [2.45, 2.75) is 37.5 Å². The number of anilines is 1. The summed E-state index contributed by atoms with van der Waals surface area (Å²) in [5, 5.41) is 3.18. The number of carbonyl (C=O) groups is 1. The van der Waals surface area contributed by atoms with Crippen LogP contribution in [0.3, 0.4) is 0 Å². The zero-order valence-electron chi connectivity index (χ0n) is 15.9. The lowest BCUT2D eigenvalue weighted by atomic mass is 9.89. The van der Waals surface area contributed by atoms with Crippen LogP contribution < -0.4 is 10.9 Å². The highest BCUT2D eigenvalue weighted by atomic mass is 32.2. The van der Waals surface area contributed by atoms with Crippen LogP contribution in [0.4, 0.5) is 18.9 Å². The number of H-pyrrole nitrogens is 1. The minimum absolute atomic E-state index is 0.178. The van der Waals surface area contributed by atoms with E-state index in [9.17, 15) is 22.8 Å². The number of para-hydroxylation sites is 1. The highest BCUT2D eigenvalue weighted by Crippen LogP contribution is 2.36. The second kappa shape index (κ2) is 8.07. The van der Waals surface area contributed by atoms with Crippen LogP contribution in [0.25, 0.3) is 10.2 Å². The molecule has 2 heterocycles. The van der Waals surface area contributed by atoms with Gasteiger partial charge in [-0.2, -0.15) is 13.2 Å². The van der Waals surface area contributed by atoms with Gasteiger partial charge in [-0.3, -0.25) is 9.59 Å². The van der Waals surface area contributed by atoms with Gasteiger partial charge in [0.1, 0.15) is 4.83 Å². The van der Waals surface area contributed by atoms with E-state index in [4.69, 9.17) is 0 Å². The first-order valence-electron chi connectivity index (χ1n) is 9.36. The van der Waals surface area contributed by atoms with Gasteiger partial charge in [-0.1, -0.05) is 30.8 Å². The van der Waals surface area contributed by atoms with Gasteiger partial charge in [0.05, 0.1) is 22.4 Å². The molecule has 4 rings (SSSR count). The van der Waals surface area contributed by atoms with Crippen molar-refractivity contribution in [2.75, 3.05) is 11.1 Å². The largest absolute Gasteiger partial charge is 0.418 e. The maximum atomic E-state index is 13.1. The Hall–Kier alpha value is -2.33. The number of aromatic nitrogens is 2. The average molecular weight is 454 g/mol. The molecule has 1 aliphatic rings. The summed E-state index contributed by atoms with van der Waals surface area (Å²) < 4.78 is 39.2. The normalized spacial score (nSPS) is 16.5. The number of amides is 1. The zero-order chi connectivity index (χ0) is 21.5. The van der Waals surface area contributed by atoms with Gasteiger partial charge < -0.3 is 10.3 Å². The van der Waals surface area contributed by atoms with Crippen LogP contribution in [0.1, 0.15) is 29.3 Å². The molecule has 0 fully saturated rings. The summed E-state index contributed by atoms with van der Waals surface area (Å²) in [6.45, 7) is 2.18. The Kier molecular flexibility index (Phi) is 5.63. The van der Waals surface area contributed by atoms with Gasteiger partial charge in [-0.05, 0) is 42.9 Å². The number of fused-ring (bicyclic) bond motifs is 3. The van der Waals surface area contributed by atoms with Crippen molar-refractivity contribution in [2.24, 2.45) is 5.92 Å². The first-order valence-corrected chi connectivity index (χ1v) is 11.2. The highest BCUT2D eigenvalue weighted by Gasteiger charge is 2.33. The molecule has 1 unspecified atom stereocenters. The Labute approximate surface area is 178 Å². The Morgan fingerprint density at radius 3 is 2.90 bits per heavy atom. The van der Waals surface area contributed by atoms with Crippen LogP contribution in [0.15, 0.2) is 34.2 Å². The first-order chi connectivity index (χ1) is 14.2. The fourth-order valence-electron chi connectivity index (χ4n) is 3.56. The number of aryl methyl sites for hydroxylation is 1. The van der Waals surface area contributed by atoms with E-state index in [1.54, 1.807) is 0 Å². The SMILES string of the molecule is CC1CCc2c(sc3nc(SCC(=O)Nc4ccccc4C(F)(F)F)[nH]c(=O)c23)C1. The number of nitrogens with one attached hydrogen (secondary N) is 2. The number of carbonyl (C=O) groups excluding carboxylic acids is 1. The van der Waals surface area contributed by atoms with Crippen molar-refractivity contribution in [1.29, 1.82) is 0 Å². The zero-order valence-corrected chi connectivity index (χ0v) is 17.6. The van der Waals surface area contributed by atoms with Crippen molar-refractivity contribution >= 4 is 44.9 Å². The second-order valence-electron chi connectivity index (χ2n) is 7.28.